The number of carbonyl (C=O) groups is 1. The van der Waals surface area contributed by atoms with E-state index >= 15 is 0 Å². The van der Waals surface area contributed by atoms with Gasteiger partial charge in [0.25, 0.3) is 0 Å². The lowest BCUT2D eigenvalue weighted by molar-refractivity contribution is -0.133. The van der Waals surface area contributed by atoms with E-state index in [1.807, 2.05) is 0 Å². The highest BCUT2D eigenvalue weighted by molar-refractivity contribution is 5.88. The molecule has 0 saturated carbocycles. The zero-order valence-corrected chi connectivity index (χ0v) is 6.91. The molecule has 12 heavy (non-hydrogen) atoms. The van der Waals surface area contributed by atoms with Gasteiger partial charge in [-0.05, 0) is 6.42 Å². The summed E-state index contributed by atoms with van der Waals surface area (Å²) in [5.74, 6) is -0.734. The third kappa shape index (κ3) is 1.43. The first-order chi connectivity index (χ1) is 5.70. The third-order valence-electron chi connectivity index (χ3n) is 2.13. The highest BCUT2D eigenvalue weighted by Crippen LogP contribution is 2.31. The lowest BCUT2D eigenvalue weighted by Crippen LogP contribution is -2.13. The fraction of sp³-hybridized carbons (Fsp3) is 0.625. The molecule has 0 amide bonds. The number of aliphatic carboxylic acids is 1. The molecule has 2 N–H and O–H groups in total. The summed E-state index contributed by atoms with van der Waals surface area (Å²) < 4.78 is 4.90. The second kappa shape index (κ2) is 3.58. The highest BCUT2D eigenvalue weighted by atomic mass is 16.5. The number of hydrogen-bond donors (Lipinski definition) is 2. The Morgan fingerprint density at radius 2 is 2.42 bits per heavy atom. The SMILES string of the molecule is COC1=C(C(=O)O)[C@@H](CO)CC1. The number of carboxylic acids is 1. The predicted molar refractivity (Wildman–Crippen MR) is 41.5 cm³/mol. The van der Waals surface area contributed by atoms with E-state index < -0.39 is 5.97 Å². The van der Waals surface area contributed by atoms with Crippen LogP contribution in [0.15, 0.2) is 11.3 Å². The van der Waals surface area contributed by atoms with Crippen LogP contribution in [0.5, 0.6) is 0 Å². The number of aliphatic hydroxyl groups is 1. The quantitative estimate of drug-likeness (QED) is 0.645. The summed E-state index contributed by atoms with van der Waals surface area (Å²) in [5.41, 5.74) is 0.236. The van der Waals surface area contributed by atoms with Gasteiger partial charge in [0.1, 0.15) is 5.76 Å². The molecule has 0 heterocycles. The number of ether oxygens (including phenoxy) is 1. The molecule has 1 rings (SSSR count). The van der Waals surface area contributed by atoms with E-state index in [1.54, 1.807) is 0 Å². The fourth-order valence-electron chi connectivity index (χ4n) is 1.50. The zero-order valence-electron chi connectivity index (χ0n) is 6.91. The maximum atomic E-state index is 10.7. The van der Waals surface area contributed by atoms with Crippen LogP contribution in [0.1, 0.15) is 12.8 Å². The van der Waals surface area contributed by atoms with E-state index in [0.717, 1.165) is 0 Å². The Morgan fingerprint density at radius 3 is 2.83 bits per heavy atom. The molecule has 0 unspecified atom stereocenters. The van der Waals surface area contributed by atoms with Gasteiger partial charge in [-0.1, -0.05) is 0 Å². The molecule has 1 atom stereocenters. The van der Waals surface area contributed by atoms with Crippen LogP contribution >= 0.6 is 0 Å². The largest absolute Gasteiger partial charge is 0.501 e. The van der Waals surface area contributed by atoms with Crippen LogP contribution in [-0.2, 0) is 9.53 Å². The van der Waals surface area contributed by atoms with Gasteiger partial charge in [-0.25, -0.2) is 4.79 Å². The first kappa shape index (κ1) is 9.06. The fourth-order valence-corrected chi connectivity index (χ4v) is 1.50. The van der Waals surface area contributed by atoms with Crippen LogP contribution in [0.2, 0.25) is 0 Å². The predicted octanol–water partition coefficient (Wildman–Crippen LogP) is 0.374. The molecule has 4 heteroatoms. The standard InChI is InChI=1S/C8H12O4/c1-12-6-3-2-5(4-9)7(6)8(10)11/h5,9H,2-4H2,1H3,(H,10,11)/t5-/m1/s1. The molecule has 0 saturated heterocycles. The van der Waals surface area contributed by atoms with Crippen molar-refractivity contribution in [2.45, 2.75) is 12.8 Å². The van der Waals surface area contributed by atoms with Crippen molar-refractivity contribution in [2.24, 2.45) is 5.92 Å². The van der Waals surface area contributed by atoms with E-state index in [2.05, 4.69) is 0 Å². The Morgan fingerprint density at radius 1 is 1.75 bits per heavy atom. The average Bonchev–Trinajstić information content (AvgIpc) is 2.46. The molecule has 0 radical (unpaired) electrons. The molecule has 0 aliphatic heterocycles. The summed E-state index contributed by atoms with van der Waals surface area (Å²) in [5, 5.41) is 17.6. The van der Waals surface area contributed by atoms with Crippen molar-refractivity contribution in [1.29, 1.82) is 0 Å². The lowest BCUT2D eigenvalue weighted by atomic mass is 10.0. The summed E-state index contributed by atoms with van der Waals surface area (Å²) in [4.78, 5) is 10.7. The molecule has 68 valence electrons. The number of rotatable bonds is 3. The topological polar surface area (TPSA) is 66.8 Å². The van der Waals surface area contributed by atoms with Gasteiger partial charge in [-0.3, -0.25) is 0 Å². The van der Waals surface area contributed by atoms with Gasteiger partial charge in [-0.15, -0.1) is 0 Å². The molecule has 0 spiro atoms. The van der Waals surface area contributed by atoms with Crippen molar-refractivity contribution >= 4 is 5.97 Å². The summed E-state index contributed by atoms with van der Waals surface area (Å²) in [6.07, 6.45) is 1.28. The molecule has 1 aliphatic rings. The smallest absolute Gasteiger partial charge is 0.335 e. The third-order valence-corrected chi connectivity index (χ3v) is 2.13. The number of allylic oxidation sites excluding steroid dienone is 1. The molecule has 0 bridgehead atoms. The average molecular weight is 172 g/mol. The summed E-state index contributed by atoms with van der Waals surface area (Å²) in [6, 6.07) is 0. The van der Waals surface area contributed by atoms with Gasteiger partial charge in [-0.2, -0.15) is 0 Å². The summed E-state index contributed by atoms with van der Waals surface area (Å²) in [6.45, 7) is -0.117. The van der Waals surface area contributed by atoms with Gasteiger partial charge < -0.3 is 14.9 Å². The van der Waals surface area contributed by atoms with Gasteiger partial charge in [0.15, 0.2) is 0 Å². The minimum atomic E-state index is -0.983. The molecule has 0 fully saturated rings. The Hall–Kier alpha value is -1.03. The minimum absolute atomic E-state index is 0.117. The van der Waals surface area contributed by atoms with E-state index in [0.29, 0.717) is 18.6 Å². The van der Waals surface area contributed by atoms with E-state index in [1.165, 1.54) is 7.11 Å². The lowest BCUT2D eigenvalue weighted by Gasteiger charge is -2.06. The normalized spacial score (nSPS) is 23.0. The number of methoxy groups -OCH3 is 1. The van der Waals surface area contributed by atoms with E-state index in [-0.39, 0.29) is 18.1 Å². The first-order valence-electron chi connectivity index (χ1n) is 3.82. The second-order valence-electron chi connectivity index (χ2n) is 2.76. The Labute approximate surface area is 70.5 Å². The zero-order chi connectivity index (χ0) is 9.14. The van der Waals surface area contributed by atoms with Crippen LogP contribution in [-0.4, -0.2) is 29.9 Å². The number of aliphatic hydroxyl groups excluding tert-OH is 1. The van der Waals surface area contributed by atoms with Crippen molar-refractivity contribution < 1.29 is 19.7 Å². The van der Waals surface area contributed by atoms with Crippen LogP contribution in [0.25, 0.3) is 0 Å². The van der Waals surface area contributed by atoms with Crippen molar-refractivity contribution in [3.8, 4) is 0 Å². The number of carboxylic acid groups (broad SMARTS) is 1. The molecule has 0 aromatic rings. The van der Waals surface area contributed by atoms with Gasteiger partial charge in [0, 0.05) is 12.3 Å². The van der Waals surface area contributed by atoms with Crippen molar-refractivity contribution in [2.75, 3.05) is 13.7 Å². The summed E-state index contributed by atoms with van der Waals surface area (Å²) in [7, 11) is 1.46. The van der Waals surface area contributed by atoms with Gasteiger partial charge >= 0.3 is 5.97 Å². The van der Waals surface area contributed by atoms with Crippen LogP contribution < -0.4 is 0 Å². The number of hydrogen-bond acceptors (Lipinski definition) is 3. The molecule has 1 aliphatic carbocycles. The first-order valence-corrected chi connectivity index (χ1v) is 3.82. The molecular weight excluding hydrogens is 160 g/mol. The van der Waals surface area contributed by atoms with Crippen molar-refractivity contribution in [1.82, 2.24) is 0 Å². The Kier molecular flexibility index (Phi) is 2.70. The van der Waals surface area contributed by atoms with Crippen molar-refractivity contribution in [3.05, 3.63) is 11.3 Å². The van der Waals surface area contributed by atoms with Crippen LogP contribution in [0, 0.1) is 5.92 Å². The van der Waals surface area contributed by atoms with E-state index in [9.17, 15) is 4.79 Å². The maximum absolute atomic E-state index is 10.7. The van der Waals surface area contributed by atoms with Gasteiger partial charge in [0.05, 0.1) is 19.3 Å². The van der Waals surface area contributed by atoms with Gasteiger partial charge in [0.2, 0.25) is 0 Å². The molecular formula is C8H12O4. The Balaban J connectivity index is 2.88. The molecule has 0 aromatic heterocycles. The Bertz CT molecular complexity index is 219. The second-order valence-corrected chi connectivity index (χ2v) is 2.76. The molecule has 0 aromatic carbocycles. The monoisotopic (exact) mass is 172 g/mol. The maximum Gasteiger partial charge on any atom is 0.335 e. The van der Waals surface area contributed by atoms with E-state index in [4.69, 9.17) is 14.9 Å². The van der Waals surface area contributed by atoms with Crippen LogP contribution in [0.4, 0.5) is 0 Å². The van der Waals surface area contributed by atoms with Crippen LogP contribution in [0.3, 0.4) is 0 Å². The molecule has 4 nitrogen and oxygen atoms in total. The summed E-state index contributed by atoms with van der Waals surface area (Å²) >= 11 is 0. The van der Waals surface area contributed by atoms with Crippen molar-refractivity contribution in [3.63, 3.8) is 0 Å². The highest BCUT2D eigenvalue weighted by Gasteiger charge is 2.30. The minimum Gasteiger partial charge on any atom is -0.501 e.